The maximum atomic E-state index is 13.8. The fraction of sp³-hybridized carbons (Fsp3) is 0.536. The third-order valence-corrected chi connectivity index (χ3v) is 9.13. The number of halogens is 1. The van der Waals surface area contributed by atoms with E-state index in [9.17, 15) is 14.4 Å². The van der Waals surface area contributed by atoms with E-state index in [-0.39, 0.29) is 30.3 Å². The molecule has 7 nitrogen and oxygen atoms in total. The van der Waals surface area contributed by atoms with Crippen molar-refractivity contribution in [2.45, 2.75) is 63.8 Å². The first-order chi connectivity index (χ1) is 17.2. The third-order valence-electron chi connectivity index (χ3n) is 8.72. The van der Waals surface area contributed by atoms with E-state index < -0.39 is 29.6 Å². The molecular formula is C28H34ClN3O4. The Morgan fingerprint density at radius 1 is 1.28 bits per heavy atom. The minimum absolute atomic E-state index is 0.0466. The number of amides is 3. The Kier molecular flexibility index (Phi) is 6.50. The fourth-order valence-corrected chi connectivity index (χ4v) is 6.73. The summed E-state index contributed by atoms with van der Waals surface area (Å²) < 4.78 is 6.36. The summed E-state index contributed by atoms with van der Waals surface area (Å²) >= 11 is 6.24. The number of likely N-dealkylation sites (tertiary alicyclic amines) is 1. The molecule has 1 spiro atoms. The lowest BCUT2D eigenvalue weighted by Crippen LogP contribution is -2.57. The Bertz CT molecular complexity index is 1140. The summed E-state index contributed by atoms with van der Waals surface area (Å²) in [6.45, 7) is 10.3. The average molecular weight is 512 g/mol. The molecule has 0 aromatic heterocycles. The predicted molar refractivity (Wildman–Crippen MR) is 138 cm³/mol. The predicted octanol–water partition coefficient (Wildman–Crippen LogP) is 3.86. The molecular weight excluding hydrogens is 478 g/mol. The molecule has 3 fully saturated rings. The highest BCUT2D eigenvalue weighted by molar-refractivity contribution is 6.31. The van der Waals surface area contributed by atoms with Crippen LogP contribution in [0.1, 0.15) is 38.7 Å². The number of ether oxygens (including phenoxy) is 1. The second-order valence-corrected chi connectivity index (χ2v) is 11.2. The van der Waals surface area contributed by atoms with Gasteiger partial charge in [0.1, 0.15) is 11.6 Å². The first-order valence-electron chi connectivity index (χ1n) is 12.8. The zero-order valence-electron chi connectivity index (χ0n) is 21.0. The number of aryl methyl sites for hydroxylation is 1. The fourth-order valence-electron chi connectivity index (χ4n) is 6.55. The van der Waals surface area contributed by atoms with Gasteiger partial charge in [-0.3, -0.25) is 14.4 Å². The number of fused-ring (bicyclic) bond motifs is 1. The zero-order chi connectivity index (χ0) is 25.8. The summed E-state index contributed by atoms with van der Waals surface area (Å²) in [6, 6.07) is 4.49. The van der Waals surface area contributed by atoms with Gasteiger partial charge in [-0.25, -0.2) is 0 Å². The van der Waals surface area contributed by atoms with E-state index in [1.54, 1.807) is 18.2 Å². The van der Waals surface area contributed by atoms with E-state index in [1.165, 1.54) is 4.90 Å². The highest BCUT2D eigenvalue weighted by Gasteiger charge is 2.72. The lowest BCUT2D eigenvalue weighted by atomic mass is 9.73. The van der Waals surface area contributed by atoms with E-state index in [4.69, 9.17) is 16.3 Å². The van der Waals surface area contributed by atoms with Crippen molar-refractivity contribution in [3.63, 3.8) is 0 Å². The van der Waals surface area contributed by atoms with Gasteiger partial charge in [0.2, 0.25) is 17.7 Å². The van der Waals surface area contributed by atoms with Gasteiger partial charge < -0.3 is 20.3 Å². The van der Waals surface area contributed by atoms with E-state index in [2.05, 4.69) is 31.1 Å². The molecule has 0 radical (unpaired) electrons. The van der Waals surface area contributed by atoms with E-state index in [0.717, 1.165) is 24.8 Å². The standard InChI is InChI=1S/C28H34ClN3O4/c1-5-13-32-24(26(34)31-20-8-6-7-15(2)17(20)4)28-12-11-21(36-28)22(23(28)27(32)35)25(33)30-18-10-9-16(3)19(29)14-18/h5,9-12,14-15,17,20-24H,1,6-8,13H2,2-4H3,(H,30,33)(H,31,34)/t15-,17-,20+,21-,22+,23-,24-,28-/m0/s1. The van der Waals surface area contributed by atoms with Crippen LogP contribution in [0.3, 0.4) is 0 Å². The summed E-state index contributed by atoms with van der Waals surface area (Å²) in [5.74, 6) is -1.47. The molecule has 1 aliphatic carbocycles. The van der Waals surface area contributed by atoms with E-state index >= 15 is 0 Å². The zero-order valence-corrected chi connectivity index (χ0v) is 21.8. The number of hydrogen-bond acceptors (Lipinski definition) is 4. The quantitative estimate of drug-likeness (QED) is 0.568. The van der Waals surface area contributed by atoms with Crippen molar-refractivity contribution in [1.29, 1.82) is 0 Å². The molecule has 2 N–H and O–H groups in total. The Morgan fingerprint density at radius 2 is 2.06 bits per heavy atom. The molecule has 3 aliphatic heterocycles. The smallest absolute Gasteiger partial charge is 0.246 e. The molecule has 3 amide bonds. The number of nitrogens with one attached hydrogen (secondary N) is 2. The van der Waals surface area contributed by atoms with Crippen LogP contribution in [0.5, 0.6) is 0 Å². The van der Waals surface area contributed by atoms with Crippen LogP contribution in [0.2, 0.25) is 5.02 Å². The molecule has 1 saturated carbocycles. The van der Waals surface area contributed by atoms with Crippen LogP contribution in [0.25, 0.3) is 0 Å². The highest BCUT2D eigenvalue weighted by Crippen LogP contribution is 2.55. The molecule has 8 heteroatoms. The Morgan fingerprint density at radius 3 is 2.78 bits per heavy atom. The van der Waals surface area contributed by atoms with E-state index in [0.29, 0.717) is 22.5 Å². The number of nitrogens with zero attached hydrogens (tertiary/aromatic N) is 1. The Hall–Kier alpha value is -2.64. The van der Waals surface area contributed by atoms with Crippen LogP contribution >= 0.6 is 11.6 Å². The minimum atomic E-state index is -1.18. The summed E-state index contributed by atoms with van der Waals surface area (Å²) in [5, 5.41) is 6.69. The number of carbonyl (C=O) groups is 3. The number of carbonyl (C=O) groups excluding carboxylic acids is 3. The van der Waals surface area contributed by atoms with Gasteiger partial charge in [0.05, 0.1) is 17.9 Å². The van der Waals surface area contributed by atoms with Crippen LogP contribution in [-0.4, -0.2) is 53.0 Å². The van der Waals surface area contributed by atoms with Gasteiger partial charge in [-0.05, 0) is 42.9 Å². The van der Waals surface area contributed by atoms with Gasteiger partial charge >= 0.3 is 0 Å². The molecule has 8 atom stereocenters. The van der Waals surface area contributed by atoms with Crippen LogP contribution < -0.4 is 10.6 Å². The van der Waals surface area contributed by atoms with Gasteiger partial charge in [-0.2, -0.15) is 0 Å². The van der Waals surface area contributed by atoms with Crippen molar-refractivity contribution in [1.82, 2.24) is 10.2 Å². The summed E-state index contributed by atoms with van der Waals surface area (Å²) in [7, 11) is 0. The topological polar surface area (TPSA) is 87.7 Å². The lowest BCUT2D eigenvalue weighted by molar-refractivity contribution is -0.141. The van der Waals surface area contributed by atoms with Crippen LogP contribution in [0.15, 0.2) is 43.0 Å². The summed E-state index contributed by atoms with van der Waals surface area (Å²) in [6.07, 6.45) is 7.82. The molecule has 2 saturated heterocycles. The number of rotatable bonds is 6. The first kappa shape index (κ1) is 25.0. The van der Waals surface area contributed by atoms with Gasteiger partial charge in [-0.1, -0.05) is 62.6 Å². The van der Waals surface area contributed by atoms with Gasteiger partial charge in [0, 0.05) is 23.3 Å². The maximum absolute atomic E-state index is 13.8. The summed E-state index contributed by atoms with van der Waals surface area (Å²) in [5.41, 5.74) is 0.284. The summed E-state index contributed by atoms with van der Waals surface area (Å²) in [4.78, 5) is 42.5. The van der Waals surface area contributed by atoms with Gasteiger partial charge in [-0.15, -0.1) is 6.58 Å². The largest absolute Gasteiger partial charge is 0.359 e. The van der Waals surface area contributed by atoms with Crippen molar-refractivity contribution in [2.24, 2.45) is 23.7 Å². The number of hydrogen-bond donors (Lipinski definition) is 2. The van der Waals surface area contributed by atoms with Crippen LogP contribution in [0, 0.1) is 30.6 Å². The second-order valence-electron chi connectivity index (χ2n) is 10.8. The first-order valence-corrected chi connectivity index (χ1v) is 13.2. The molecule has 192 valence electrons. The third kappa shape index (κ3) is 3.88. The maximum Gasteiger partial charge on any atom is 0.246 e. The lowest BCUT2D eigenvalue weighted by Gasteiger charge is -2.37. The number of benzene rings is 1. The van der Waals surface area contributed by atoms with Crippen LogP contribution in [0.4, 0.5) is 5.69 Å². The van der Waals surface area contributed by atoms with E-state index in [1.807, 2.05) is 25.1 Å². The van der Waals surface area contributed by atoms with Gasteiger partial charge in [0.15, 0.2) is 0 Å². The molecule has 3 heterocycles. The molecule has 0 unspecified atom stereocenters. The second kappa shape index (κ2) is 9.34. The number of anilines is 1. The van der Waals surface area contributed by atoms with Gasteiger partial charge in [0.25, 0.3) is 0 Å². The normalized spacial score (nSPS) is 36.6. The average Bonchev–Trinajstić information content (AvgIpc) is 3.47. The SMILES string of the molecule is C=CCN1C(=O)[C@@H]2[C@H](C(=O)Nc3ccc(C)c(Cl)c3)[C@@H]3C=C[C@@]2(O3)[C@@H]1C(=O)N[C@@H]1CCC[C@H](C)[C@@H]1C. The highest BCUT2D eigenvalue weighted by atomic mass is 35.5. The molecule has 5 rings (SSSR count). The van der Waals surface area contributed by atoms with Crippen LogP contribution in [-0.2, 0) is 19.1 Å². The monoisotopic (exact) mass is 511 g/mol. The van der Waals surface area contributed by atoms with Crippen molar-refractivity contribution in [2.75, 3.05) is 11.9 Å². The Labute approximate surface area is 217 Å². The molecule has 1 aromatic rings. The molecule has 36 heavy (non-hydrogen) atoms. The van der Waals surface area contributed by atoms with Crippen molar-refractivity contribution in [3.05, 3.63) is 53.6 Å². The molecule has 2 bridgehead atoms. The van der Waals surface area contributed by atoms with Crippen molar-refractivity contribution >= 4 is 35.0 Å². The Balaban J connectivity index is 1.42. The molecule has 4 aliphatic rings. The van der Waals surface area contributed by atoms with Crippen molar-refractivity contribution in [3.8, 4) is 0 Å². The molecule has 1 aromatic carbocycles. The minimum Gasteiger partial charge on any atom is -0.359 e. The van der Waals surface area contributed by atoms with Crippen molar-refractivity contribution < 1.29 is 19.1 Å².